The minimum atomic E-state index is 0.336. The average molecular weight is 285 g/mol. The third-order valence-corrected chi connectivity index (χ3v) is 4.48. The van der Waals surface area contributed by atoms with Crippen molar-refractivity contribution in [1.29, 1.82) is 5.26 Å². The van der Waals surface area contributed by atoms with Gasteiger partial charge in [0.25, 0.3) is 0 Å². The van der Waals surface area contributed by atoms with E-state index in [1.807, 2.05) is 0 Å². The summed E-state index contributed by atoms with van der Waals surface area (Å²) in [7, 11) is 0. The van der Waals surface area contributed by atoms with Gasteiger partial charge in [-0.1, -0.05) is 29.9 Å². The average Bonchev–Trinajstić information content (AvgIpc) is 2.78. The lowest BCUT2D eigenvalue weighted by atomic mass is 10.1. The van der Waals surface area contributed by atoms with Gasteiger partial charge < -0.3 is 10.2 Å². The van der Waals surface area contributed by atoms with Crippen molar-refractivity contribution < 1.29 is 0 Å². The first kappa shape index (κ1) is 13.6. The number of thiazole rings is 1. The van der Waals surface area contributed by atoms with E-state index in [0.29, 0.717) is 16.1 Å². The molecule has 1 aliphatic heterocycles. The number of hydrogen-bond acceptors (Lipinski definition) is 5. The van der Waals surface area contributed by atoms with Gasteiger partial charge in [0.05, 0.1) is 0 Å². The molecule has 1 unspecified atom stereocenters. The number of nitriles is 1. The molecule has 1 N–H and O–H groups in total. The molecule has 1 aliphatic rings. The Bertz CT molecular complexity index is 434. The molecular formula is C12H17ClN4S. The van der Waals surface area contributed by atoms with Crippen LogP contribution in [0.15, 0.2) is 0 Å². The second-order valence-electron chi connectivity index (χ2n) is 4.42. The van der Waals surface area contributed by atoms with Crippen LogP contribution in [0.25, 0.3) is 0 Å². The van der Waals surface area contributed by atoms with Crippen LogP contribution in [-0.2, 0) is 0 Å². The van der Waals surface area contributed by atoms with Crippen LogP contribution in [0.4, 0.5) is 5.13 Å². The van der Waals surface area contributed by atoms with Crippen molar-refractivity contribution in [3.05, 3.63) is 10.0 Å². The van der Waals surface area contributed by atoms with Crippen molar-refractivity contribution in [2.75, 3.05) is 24.5 Å². The number of aromatic nitrogens is 1. The molecule has 1 aromatic rings. The minimum Gasteiger partial charge on any atom is -0.344 e. The van der Waals surface area contributed by atoms with Gasteiger partial charge in [-0.2, -0.15) is 5.26 Å². The molecule has 4 nitrogen and oxygen atoms in total. The first-order valence-electron chi connectivity index (χ1n) is 6.30. The predicted molar refractivity (Wildman–Crippen MR) is 75.4 cm³/mol. The Hall–Kier alpha value is -0.830. The fourth-order valence-electron chi connectivity index (χ4n) is 2.26. The number of halogens is 1. The molecule has 0 spiro atoms. The molecule has 0 amide bonds. The highest BCUT2D eigenvalue weighted by Gasteiger charge is 2.24. The Morgan fingerprint density at radius 2 is 2.50 bits per heavy atom. The van der Waals surface area contributed by atoms with Gasteiger partial charge in [0.15, 0.2) is 10.3 Å². The van der Waals surface area contributed by atoms with E-state index in [9.17, 15) is 0 Å². The summed E-state index contributed by atoms with van der Waals surface area (Å²) in [6.07, 6.45) is 3.43. The molecule has 1 atom stereocenters. The van der Waals surface area contributed by atoms with Crippen molar-refractivity contribution in [1.82, 2.24) is 10.3 Å². The van der Waals surface area contributed by atoms with Crippen molar-refractivity contribution in [3.8, 4) is 6.07 Å². The van der Waals surface area contributed by atoms with E-state index in [0.717, 1.165) is 31.2 Å². The molecule has 1 fully saturated rings. The second-order valence-corrected chi connectivity index (χ2v) is 5.76. The number of nitrogens with zero attached hydrogens (tertiary/aromatic N) is 3. The summed E-state index contributed by atoms with van der Waals surface area (Å²) in [5, 5.41) is 13.6. The summed E-state index contributed by atoms with van der Waals surface area (Å²) in [5.74, 6) is 0. The largest absolute Gasteiger partial charge is 0.344 e. The summed E-state index contributed by atoms with van der Waals surface area (Å²) in [5.41, 5.74) is 0. The normalized spacial score (nSPS) is 19.5. The van der Waals surface area contributed by atoms with Crippen LogP contribution >= 0.6 is 22.9 Å². The van der Waals surface area contributed by atoms with Gasteiger partial charge in [0, 0.05) is 19.1 Å². The van der Waals surface area contributed by atoms with Crippen LogP contribution in [0.3, 0.4) is 0 Å². The monoisotopic (exact) mass is 284 g/mol. The van der Waals surface area contributed by atoms with E-state index < -0.39 is 0 Å². The van der Waals surface area contributed by atoms with Gasteiger partial charge >= 0.3 is 0 Å². The van der Waals surface area contributed by atoms with E-state index in [1.54, 1.807) is 0 Å². The van der Waals surface area contributed by atoms with Crippen molar-refractivity contribution in [3.63, 3.8) is 0 Å². The number of nitrogens with one attached hydrogen (secondary N) is 1. The molecule has 0 bridgehead atoms. The highest BCUT2D eigenvalue weighted by atomic mass is 35.5. The Balaban J connectivity index is 2.20. The lowest BCUT2D eigenvalue weighted by Gasteiger charge is -2.34. The highest BCUT2D eigenvalue weighted by molar-refractivity contribution is 7.16. The first-order valence-corrected chi connectivity index (χ1v) is 7.49. The van der Waals surface area contributed by atoms with Crippen molar-refractivity contribution in [2.24, 2.45) is 0 Å². The molecule has 1 aromatic heterocycles. The maximum absolute atomic E-state index is 8.96. The fourth-order valence-corrected chi connectivity index (χ4v) is 3.40. The van der Waals surface area contributed by atoms with E-state index in [1.165, 1.54) is 24.2 Å². The number of piperidine rings is 1. The SMILES string of the molecule is CCCN(c1nc(Cl)c(C#N)s1)C1CCCNC1. The van der Waals surface area contributed by atoms with Crippen LogP contribution in [-0.4, -0.2) is 30.7 Å². The smallest absolute Gasteiger partial charge is 0.188 e. The van der Waals surface area contributed by atoms with Gasteiger partial charge in [-0.15, -0.1) is 0 Å². The van der Waals surface area contributed by atoms with Gasteiger partial charge in [0.1, 0.15) is 10.9 Å². The second kappa shape index (κ2) is 6.37. The van der Waals surface area contributed by atoms with Crippen LogP contribution in [0.1, 0.15) is 31.1 Å². The van der Waals surface area contributed by atoms with Gasteiger partial charge in [-0.3, -0.25) is 0 Å². The van der Waals surface area contributed by atoms with E-state index >= 15 is 0 Å². The number of rotatable bonds is 4. The summed E-state index contributed by atoms with van der Waals surface area (Å²) >= 11 is 7.36. The summed E-state index contributed by atoms with van der Waals surface area (Å²) in [6.45, 7) is 5.20. The molecule has 2 heterocycles. The number of hydrogen-bond donors (Lipinski definition) is 1. The lowest BCUT2D eigenvalue weighted by Crippen LogP contribution is -2.46. The van der Waals surface area contributed by atoms with E-state index in [-0.39, 0.29) is 0 Å². The van der Waals surface area contributed by atoms with Crippen LogP contribution in [0.5, 0.6) is 0 Å². The zero-order valence-corrected chi connectivity index (χ0v) is 12.0. The fraction of sp³-hybridized carbons (Fsp3) is 0.667. The first-order chi connectivity index (χ1) is 8.76. The van der Waals surface area contributed by atoms with E-state index in [2.05, 4.69) is 28.2 Å². The molecule has 2 rings (SSSR count). The molecular weight excluding hydrogens is 268 g/mol. The number of anilines is 1. The van der Waals surface area contributed by atoms with Crippen molar-refractivity contribution >= 4 is 28.1 Å². The molecule has 1 saturated heterocycles. The lowest BCUT2D eigenvalue weighted by molar-refractivity contribution is 0.430. The quantitative estimate of drug-likeness (QED) is 0.923. The van der Waals surface area contributed by atoms with Gasteiger partial charge in [-0.05, 0) is 25.8 Å². The third-order valence-electron chi connectivity index (χ3n) is 3.10. The van der Waals surface area contributed by atoms with Crippen LogP contribution in [0, 0.1) is 11.3 Å². The summed E-state index contributed by atoms with van der Waals surface area (Å²) in [6, 6.07) is 2.56. The molecule has 0 saturated carbocycles. The Morgan fingerprint density at radius 1 is 1.67 bits per heavy atom. The standard InChI is InChI=1S/C12H17ClN4S/c1-2-6-17(9-4-3-5-15-8-9)12-16-11(13)10(7-14)18-12/h9,15H,2-6,8H2,1H3. The summed E-state index contributed by atoms with van der Waals surface area (Å²) < 4.78 is 0. The third kappa shape index (κ3) is 2.94. The van der Waals surface area contributed by atoms with Crippen molar-refractivity contribution in [2.45, 2.75) is 32.2 Å². The Labute approximate surface area is 117 Å². The molecule has 98 valence electrons. The highest BCUT2D eigenvalue weighted by Crippen LogP contribution is 2.31. The maximum atomic E-state index is 8.96. The topological polar surface area (TPSA) is 52.0 Å². The molecule has 18 heavy (non-hydrogen) atoms. The molecule has 0 aliphatic carbocycles. The van der Waals surface area contributed by atoms with Gasteiger partial charge in [-0.25, -0.2) is 4.98 Å². The Kier molecular flexibility index (Phi) is 4.81. The zero-order valence-electron chi connectivity index (χ0n) is 10.4. The molecule has 0 radical (unpaired) electrons. The van der Waals surface area contributed by atoms with Crippen LogP contribution in [0.2, 0.25) is 5.15 Å². The summed E-state index contributed by atoms with van der Waals surface area (Å²) in [4.78, 5) is 7.14. The van der Waals surface area contributed by atoms with Crippen LogP contribution < -0.4 is 10.2 Å². The zero-order chi connectivity index (χ0) is 13.0. The molecule has 0 aromatic carbocycles. The van der Waals surface area contributed by atoms with E-state index in [4.69, 9.17) is 16.9 Å². The molecule has 6 heteroatoms. The Morgan fingerprint density at radius 3 is 3.06 bits per heavy atom. The van der Waals surface area contributed by atoms with Gasteiger partial charge in [0.2, 0.25) is 0 Å². The predicted octanol–water partition coefficient (Wildman–Crippen LogP) is 2.64. The maximum Gasteiger partial charge on any atom is 0.188 e. The minimum absolute atomic E-state index is 0.336.